The first kappa shape index (κ1) is 23.7. The Hall–Kier alpha value is -3.01. The van der Waals surface area contributed by atoms with Crippen LogP contribution in [0, 0.1) is 11.8 Å². The second-order valence-electron chi connectivity index (χ2n) is 8.70. The number of nitrogens with zero attached hydrogens (tertiary/aromatic N) is 1. The molecule has 2 saturated heterocycles. The molecule has 0 spiro atoms. The number of carboxylic acid groups (broad SMARTS) is 1. The van der Waals surface area contributed by atoms with Crippen molar-refractivity contribution in [2.24, 2.45) is 11.8 Å². The third-order valence-corrected chi connectivity index (χ3v) is 8.39. The number of benzene rings is 2. The molecule has 1 aromatic heterocycles. The average molecular weight is 555 g/mol. The number of fused-ring (bicyclic) bond motifs is 1. The summed E-state index contributed by atoms with van der Waals surface area (Å²) < 4.78 is 6.58. The third-order valence-electron chi connectivity index (χ3n) is 6.68. The summed E-state index contributed by atoms with van der Waals surface area (Å²) in [6, 6.07) is 21.5. The van der Waals surface area contributed by atoms with Crippen molar-refractivity contribution in [2.45, 2.75) is 18.0 Å². The number of amides is 2. The molecule has 0 saturated carbocycles. The number of carbonyl (C=O) groups excluding carboxylic acids is 2. The van der Waals surface area contributed by atoms with Gasteiger partial charge in [-0.1, -0.05) is 48.5 Å². The number of rotatable bonds is 8. The van der Waals surface area contributed by atoms with Crippen LogP contribution < -0.4 is 10.1 Å². The molecule has 7 nitrogen and oxygen atoms in total. The van der Waals surface area contributed by atoms with Gasteiger partial charge in [0.25, 0.3) is 0 Å². The molecule has 35 heavy (non-hydrogen) atoms. The third kappa shape index (κ3) is 4.28. The fraction of sp³-hybridized carbons (Fsp3) is 0.269. The molecule has 5 rings (SSSR count). The van der Waals surface area contributed by atoms with E-state index in [2.05, 4.69) is 21.2 Å². The van der Waals surface area contributed by atoms with Crippen LogP contribution in [-0.4, -0.2) is 46.5 Å². The molecule has 0 radical (unpaired) electrons. The molecule has 2 amide bonds. The van der Waals surface area contributed by atoms with E-state index in [1.807, 2.05) is 60.7 Å². The molecule has 3 heterocycles. The van der Waals surface area contributed by atoms with E-state index in [1.54, 1.807) is 12.1 Å². The van der Waals surface area contributed by atoms with Gasteiger partial charge in [0.2, 0.25) is 11.8 Å². The van der Waals surface area contributed by atoms with Crippen molar-refractivity contribution in [2.75, 3.05) is 13.2 Å². The minimum atomic E-state index is -1.62. The van der Waals surface area contributed by atoms with Crippen LogP contribution in [0.4, 0.5) is 0 Å². The predicted octanol–water partition coefficient (Wildman–Crippen LogP) is 3.90. The van der Waals surface area contributed by atoms with Crippen LogP contribution in [0.5, 0.6) is 5.75 Å². The normalized spacial score (nSPS) is 25.6. The van der Waals surface area contributed by atoms with Crippen molar-refractivity contribution in [3.05, 3.63) is 87.0 Å². The quantitative estimate of drug-likeness (QED) is 0.410. The number of hydrogen-bond donors (Lipinski definition) is 2. The van der Waals surface area contributed by atoms with Gasteiger partial charge in [-0.05, 0) is 45.8 Å². The largest absolute Gasteiger partial charge is 0.492 e. The van der Waals surface area contributed by atoms with Crippen molar-refractivity contribution in [3.8, 4) is 5.75 Å². The highest BCUT2D eigenvalue weighted by Crippen LogP contribution is 2.51. The first-order chi connectivity index (χ1) is 16.9. The van der Waals surface area contributed by atoms with E-state index in [0.29, 0.717) is 5.75 Å². The molecule has 4 unspecified atom stereocenters. The fourth-order valence-corrected chi connectivity index (χ4v) is 6.67. The van der Waals surface area contributed by atoms with Crippen LogP contribution in [0.2, 0.25) is 0 Å². The Morgan fingerprint density at radius 3 is 2.34 bits per heavy atom. The van der Waals surface area contributed by atoms with E-state index < -0.39 is 35.3 Å². The van der Waals surface area contributed by atoms with Gasteiger partial charge in [-0.25, -0.2) is 0 Å². The van der Waals surface area contributed by atoms with Gasteiger partial charge in [0.1, 0.15) is 17.9 Å². The summed E-state index contributed by atoms with van der Waals surface area (Å²) in [6.07, 6.45) is 0.0841. The molecule has 2 aliphatic rings. The number of ether oxygens (including phenoxy) is 1. The lowest BCUT2D eigenvalue weighted by atomic mass is 9.76. The highest BCUT2D eigenvalue weighted by molar-refractivity contribution is 9.11. The highest BCUT2D eigenvalue weighted by atomic mass is 79.9. The van der Waals surface area contributed by atoms with E-state index >= 15 is 0 Å². The summed E-state index contributed by atoms with van der Waals surface area (Å²) >= 11 is 4.88. The Labute approximate surface area is 214 Å². The number of likely N-dealkylation sites (tertiary alicyclic amines) is 1. The summed E-state index contributed by atoms with van der Waals surface area (Å²) in [5.41, 5.74) is -0.838. The smallest absolute Gasteiger partial charge is 0.325 e. The van der Waals surface area contributed by atoms with Gasteiger partial charge in [-0.15, -0.1) is 11.3 Å². The van der Waals surface area contributed by atoms with Gasteiger partial charge in [-0.3, -0.25) is 24.6 Å². The first-order valence-corrected chi connectivity index (χ1v) is 12.8. The molecule has 4 atom stereocenters. The zero-order chi connectivity index (χ0) is 24.6. The Bertz CT molecular complexity index is 1250. The van der Waals surface area contributed by atoms with Gasteiger partial charge in [0.05, 0.1) is 28.2 Å². The maximum absolute atomic E-state index is 13.7. The average Bonchev–Trinajstić information content (AvgIpc) is 3.51. The predicted molar refractivity (Wildman–Crippen MR) is 134 cm³/mol. The molecular formula is C26H23BrN2O5S. The Morgan fingerprint density at radius 2 is 1.71 bits per heavy atom. The van der Waals surface area contributed by atoms with Crippen molar-refractivity contribution in [1.29, 1.82) is 0 Å². The van der Waals surface area contributed by atoms with E-state index in [0.717, 1.165) is 14.2 Å². The number of para-hydroxylation sites is 1. The zero-order valence-corrected chi connectivity index (χ0v) is 21.0. The standard InChI is InChI=1S/C26H23BrN2O5S/c27-19-12-11-18(35-19)22-20-21(26(28-22,25(32)33)15-16-7-3-1-4-8-16)24(31)29(23(20)30)13-14-34-17-9-5-2-6-10-17/h1-12,20-22,28H,13-15H2,(H,32,33). The van der Waals surface area contributed by atoms with Crippen molar-refractivity contribution in [1.82, 2.24) is 10.2 Å². The van der Waals surface area contributed by atoms with Gasteiger partial charge in [-0.2, -0.15) is 0 Å². The van der Waals surface area contributed by atoms with Crippen LogP contribution in [0.3, 0.4) is 0 Å². The van der Waals surface area contributed by atoms with E-state index in [4.69, 9.17) is 4.74 Å². The van der Waals surface area contributed by atoms with Crippen molar-refractivity contribution in [3.63, 3.8) is 0 Å². The van der Waals surface area contributed by atoms with Gasteiger partial charge < -0.3 is 9.84 Å². The molecule has 2 fully saturated rings. The monoisotopic (exact) mass is 554 g/mol. The Kier molecular flexibility index (Phi) is 6.48. The highest BCUT2D eigenvalue weighted by Gasteiger charge is 2.68. The molecule has 2 N–H and O–H groups in total. The zero-order valence-electron chi connectivity index (χ0n) is 18.6. The summed E-state index contributed by atoms with van der Waals surface area (Å²) in [5, 5.41) is 13.7. The van der Waals surface area contributed by atoms with Crippen LogP contribution in [0.15, 0.2) is 76.6 Å². The number of hydrogen-bond acceptors (Lipinski definition) is 6. The maximum atomic E-state index is 13.7. The number of carbonyl (C=O) groups is 3. The summed E-state index contributed by atoms with van der Waals surface area (Å²) in [7, 11) is 0. The fourth-order valence-electron chi connectivity index (χ4n) is 5.15. The number of imide groups is 1. The number of thiophene rings is 1. The summed E-state index contributed by atoms with van der Waals surface area (Å²) in [6.45, 7) is 0.184. The second kappa shape index (κ2) is 9.56. The molecular weight excluding hydrogens is 532 g/mol. The molecule has 2 aromatic carbocycles. The molecule has 180 valence electrons. The Morgan fingerprint density at radius 1 is 1.03 bits per heavy atom. The number of carboxylic acids is 1. The van der Waals surface area contributed by atoms with E-state index in [1.165, 1.54) is 16.2 Å². The van der Waals surface area contributed by atoms with Crippen LogP contribution in [-0.2, 0) is 20.8 Å². The number of nitrogens with one attached hydrogen (secondary N) is 1. The van der Waals surface area contributed by atoms with Gasteiger partial charge in [0, 0.05) is 11.3 Å². The second-order valence-corrected chi connectivity index (χ2v) is 11.2. The number of halogens is 1. The van der Waals surface area contributed by atoms with E-state index in [9.17, 15) is 19.5 Å². The van der Waals surface area contributed by atoms with Crippen LogP contribution >= 0.6 is 27.3 Å². The minimum Gasteiger partial charge on any atom is -0.492 e. The lowest BCUT2D eigenvalue weighted by molar-refractivity contribution is -0.151. The Balaban J connectivity index is 1.48. The summed E-state index contributed by atoms with van der Waals surface area (Å²) in [5.74, 6) is -3.19. The van der Waals surface area contributed by atoms with Crippen molar-refractivity contribution >= 4 is 45.1 Å². The lowest BCUT2D eigenvalue weighted by Crippen LogP contribution is -2.57. The molecule has 9 heteroatoms. The van der Waals surface area contributed by atoms with Crippen molar-refractivity contribution < 1.29 is 24.2 Å². The first-order valence-electron chi connectivity index (χ1n) is 11.2. The number of aliphatic carboxylic acids is 1. The topological polar surface area (TPSA) is 95.9 Å². The SMILES string of the molecule is O=C1C2C(c3ccc(Br)s3)NC(Cc3ccccc3)(C(=O)O)C2C(=O)N1CCOc1ccccc1. The molecule has 0 aliphatic carbocycles. The minimum absolute atomic E-state index is 0.0570. The van der Waals surface area contributed by atoms with Crippen LogP contribution in [0.25, 0.3) is 0 Å². The molecule has 3 aromatic rings. The maximum Gasteiger partial charge on any atom is 0.325 e. The molecule has 2 aliphatic heterocycles. The van der Waals surface area contributed by atoms with Gasteiger partial charge >= 0.3 is 5.97 Å². The van der Waals surface area contributed by atoms with E-state index in [-0.39, 0.29) is 25.5 Å². The lowest BCUT2D eigenvalue weighted by Gasteiger charge is -2.31. The molecule has 0 bridgehead atoms. The summed E-state index contributed by atoms with van der Waals surface area (Å²) in [4.78, 5) is 42.1. The van der Waals surface area contributed by atoms with Crippen LogP contribution in [0.1, 0.15) is 16.5 Å². The van der Waals surface area contributed by atoms with Gasteiger partial charge in [0.15, 0.2) is 0 Å².